The van der Waals surface area contributed by atoms with Crippen molar-refractivity contribution in [3.8, 4) is 11.9 Å². The van der Waals surface area contributed by atoms with Crippen LogP contribution < -0.4 is 10.1 Å². The van der Waals surface area contributed by atoms with Crippen LogP contribution in [0.5, 0.6) is 5.88 Å². The lowest BCUT2D eigenvalue weighted by atomic mass is 10.1. The lowest BCUT2D eigenvalue weighted by Crippen LogP contribution is -2.50. The van der Waals surface area contributed by atoms with Crippen LogP contribution in [-0.4, -0.2) is 24.2 Å². The van der Waals surface area contributed by atoms with Crippen molar-refractivity contribution in [2.24, 2.45) is 0 Å². The Balaban J connectivity index is 2.31. The molecule has 2 rings (SSSR count). The first-order valence-corrected chi connectivity index (χ1v) is 4.96. The molecule has 1 aliphatic rings. The molecule has 0 atom stereocenters. The zero-order chi connectivity index (χ0) is 10.8. The molecule has 0 amide bonds. The fourth-order valence-electron chi connectivity index (χ4n) is 1.53. The molecule has 1 aliphatic heterocycles. The first-order chi connectivity index (χ1) is 7.20. The maximum Gasteiger partial charge on any atom is 0.232 e. The standard InChI is InChI=1S/C11H13N3O/c1-7-3-8(2)14-11(10(7)4-12)15-9-5-13-6-9/h3,9,13H,5-6H2,1-2H3. The summed E-state index contributed by atoms with van der Waals surface area (Å²) in [6.07, 6.45) is 0.158. The number of nitriles is 1. The predicted octanol–water partition coefficient (Wildman–Crippen LogP) is 0.921. The van der Waals surface area contributed by atoms with E-state index in [4.69, 9.17) is 10.00 Å². The predicted molar refractivity (Wildman–Crippen MR) is 55.7 cm³/mol. The number of nitrogens with one attached hydrogen (secondary N) is 1. The van der Waals surface area contributed by atoms with Gasteiger partial charge < -0.3 is 10.1 Å². The maximum atomic E-state index is 9.01. The third kappa shape index (κ3) is 1.92. The van der Waals surface area contributed by atoms with E-state index in [0.717, 1.165) is 24.3 Å². The van der Waals surface area contributed by atoms with Crippen molar-refractivity contribution in [2.75, 3.05) is 13.1 Å². The number of pyridine rings is 1. The van der Waals surface area contributed by atoms with Gasteiger partial charge in [0.25, 0.3) is 0 Å². The molecule has 1 aromatic heterocycles. The van der Waals surface area contributed by atoms with Gasteiger partial charge in [0.1, 0.15) is 17.7 Å². The third-order valence-electron chi connectivity index (χ3n) is 2.45. The summed E-state index contributed by atoms with van der Waals surface area (Å²) in [5, 5.41) is 12.1. The molecule has 0 spiro atoms. The van der Waals surface area contributed by atoms with Gasteiger partial charge in [0.2, 0.25) is 5.88 Å². The molecule has 4 heteroatoms. The van der Waals surface area contributed by atoms with Gasteiger partial charge >= 0.3 is 0 Å². The van der Waals surface area contributed by atoms with Gasteiger partial charge in [-0.2, -0.15) is 5.26 Å². The van der Waals surface area contributed by atoms with Gasteiger partial charge in [-0.25, -0.2) is 4.98 Å². The average molecular weight is 203 g/mol. The third-order valence-corrected chi connectivity index (χ3v) is 2.45. The van der Waals surface area contributed by atoms with Gasteiger partial charge in [-0.05, 0) is 25.5 Å². The minimum absolute atomic E-state index is 0.158. The fraction of sp³-hybridized carbons (Fsp3) is 0.455. The van der Waals surface area contributed by atoms with Crippen LogP contribution in [0.2, 0.25) is 0 Å². The Hall–Kier alpha value is -1.60. The lowest BCUT2D eigenvalue weighted by molar-refractivity contribution is 0.135. The molecule has 15 heavy (non-hydrogen) atoms. The topological polar surface area (TPSA) is 57.9 Å². The van der Waals surface area contributed by atoms with Crippen molar-refractivity contribution >= 4 is 0 Å². The van der Waals surface area contributed by atoms with Crippen molar-refractivity contribution in [3.63, 3.8) is 0 Å². The number of hydrogen-bond acceptors (Lipinski definition) is 4. The molecule has 2 heterocycles. The summed E-state index contributed by atoms with van der Waals surface area (Å²) in [7, 11) is 0. The Labute approximate surface area is 88.9 Å². The fourth-order valence-corrected chi connectivity index (χ4v) is 1.53. The summed E-state index contributed by atoms with van der Waals surface area (Å²) in [4.78, 5) is 4.25. The molecule has 4 nitrogen and oxygen atoms in total. The van der Waals surface area contributed by atoms with Gasteiger partial charge in [-0.15, -0.1) is 0 Å². The molecule has 0 radical (unpaired) electrons. The smallest absolute Gasteiger partial charge is 0.232 e. The van der Waals surface area contributed by atoms with Crippen molar-refractivity contribution in [1.29, 1.82) is 5.26 Å². The quantitative estimate of drug-likeness (QED) is 0.776. The average Bonchev–Trinajstić information content (AvgIpc) is 2.10. The van der Waals surface area contributed by atoms with Crippen LogP contribution in [0, 0.1) is 25.2 Å². The van der Waals surface area contributed by atoms with Crippen molar-refractivity contribution in [1.82, 2.24) is 10.3 Å². The van der Waals surface area contributed by atoms with Crippen molar-refractivity contribution in [2.45, 2.75) is 20.0 Å². The normalized spacial score (nSPS) is 15.5. The molecule has 1 aromatic rings. The molecule has 0 bridgehead atoms. The SMILES string of the molecule is Cc1cc(C)c(C#N)c(OC2CNC2)n1. The Morgan fingerprint density at radius 2 is 2.27 bits per heavy atom. The molecule has 0 aromatic carbocycles. The van der Waals surface area contributed by atoms with Crippen LogP contribution in [-0.2, 0) is 0 Å². The van der Waals surface area contributed by atoms with E-state index in [1.165, 1.54) is 0 Å². The van der Waals surface area contributed by atoms with Crippen LogP contribution in [0.1, 0.15) is 16.8 Å². The van der Waals surface area contributed by atoms with E-state index < -0.39 is 0 Å². The minimum Gasteiger partial charge on any atom is -0.471 e. The zero-order valence-corrected chi connectivity index (χ0v) is 8.87. The lowest BCUT2D eigenvalue weighted by Gasteiger charge is -2.27. The van der Waals surface area contributed by atoms with Gasteiger partial charge in [0.05, 0.1) is 0 Å². The Kier molecular flexibility index (Phi) is 2.57. The van der Waals surface area contributed by atoms with E-state index in [1.54, 1.807) is 0 Å². The van der Waals surface area contributed by atoms with Crippen molar-refractivity contribution < 1.29 is 4.74 Å². The van der Waals surface area contributed by atoms with Crippen LogP contribution >= 0.6 is 0 Å². The minimum atomic E-state index is 0.158. The van der Waals surface area contributed by atoms with E-state index in [0.29, 0.717) is 11.4 Å². The monoisotopic (exact) mass is 203 g/mol. The Bertz CT molecular complexity index is 419. The van der Waals surface area contributed by atoms with E-state index in [-0.39, 0.29) is 6.10 Å². The number of aromatic nitrogens is 1. The summed E-state index contributed by atoms with van der Waals surface area (Å²) in [6, 6.07) is 4.03. The van der Waals surface area contributed by atoms with E-state index >= 15 is 0 Å². The number of nitrogens with zero attached hydrogens (tertiary/aromatic N) is 2. The van der Waals surface area contributed by atoms with Gasteiger partial charge in [0, 0.05) is 18.8 Å². The number of ether oxygens (including phenoxy) is 1. The molecule has 78 valence electrons. The molecular formula is C11H13N3O. The Morgan fingerprint density at radius 1 is 1.53 bits per heavy atom. The summed E-state index contributed by atoms with van der Waals surface area (Å²) in [6.45, 7) is 5.47. The molecule has 1 fully saturated rings. The van der Waals surface area contributed by atoms with Gasteiger partial charge in [0.15, 0.2) is 0 Å². The molecule has 0 aliphatic carbocycles. The summed E-state index contributed by atoms with van der Waals surface area (Å²) in [5.74, 6) is 0.474. The summed E-state index contributed by atoms with van der Waals surface area (Å²) < 4.78 is 5.64. The number of hydrogen-bond donors (Lipinski definition) is 1. The first kappa shape index (κ1) is 9.94. The molecular weight excluding hydrogens is 190 g/mol. The van der Waals surface area contributed by atoms with Crippen molar-refractivity contribution in [3.05, 3.63) is 22.9 Å². The Morgan fingerprint density at radius 3 is 2.80 bits per heavy atom. The number of rotatable bonds is 2. The maximum absolute atomic E-state index is 9.01. The van der Waals surface area contributed by atoms with Gasteiger partial charge in [-0.1, -0.05) is 0 Å². The van der Waals surface area contributed by atoms with Gasteiger partial charge in [-0.3, -0.25) is 0 Å². The summed E-state index contributed by atoms with van der Waals surface area (Å²) >= 11 is 0. The zero-order valence-electron chi connectivity index (χ0n) is 8.87. The highest BCUT2D eigenvalue weighted by Crippen LogP contribution is 2.21. The molecule has 0 unspecified atom stereocenters. The van der Waals surface area contributed by atoms with Crippen LogP contribution in [0.4, 0.5) is 0 Å². The number of aryl methyl sites for hydroxylation is 2. The van der Waals surface area contributed by atoms with E-state index in [9.17, 15) is 0 Å². The molecule has 1 saturated heterocycles. The van der Waals surface area contributed by atoms with Crippen LogP contribution in [0.15, 0.2) is 6.07 Å². The highest BCUT2D eigenvalue weighted by molar-refractivity contribution is 5.45. The largest absolute Gasteiger partial charge is 0.471 e. The van der Waals surface area contributed by atoms with Crippen LogP contribution in [0.25, 0.3) is 0 Å². The van der Waals surface area contributed by atoms with E-state index in [1.807, 2.05) is 19.9 Å². The first-order valence-electron chi connectivity index (χ1n) is 4.96. The summed E-state index contributed by atoms with van der Waals surface area (Å²) in [5.41, 5.74) is 2.36. The van der Waals surface area contributed by atoms with E-state index in [2.05, 4.69) is 16.4 Å². The highest BCUT2D eigenvalue weighted by atomic mass is 16.5. The molecule has 0 saturated carbocycles. The highest BCUT2D eigenvalue weighted by Gasteiger charge is 2.21. The second-order valence-electron chi connectivity index (χ2n) is 3.77. The molecule has 1 N–H and O–H groups in total. The second-order valence-corrected chi connectivity index (χ2v) is 3.77. The second kappa shape index (κ2) is 3.87. The van der Waals surface area contributed by atoms with Crippen LogP contribution in [0.3, 0.4) is 0 Å².